The number of hydrogen-bond acceptors (Lipinski definition) is 4. The number of hydrogen-bond donors (Lipinski definition) is 1. The zero-order chi connectivity index (χ0) is 14.0. The van der Waals surface area contributed by atoms with E-state index in [1.807, 2.05) is 12.2 Å². The molecule has 3 unspecified atom stereocenters. The van der Waals surface area contributed by atoms with Gasteiger partial charge in [-0.2, -0.15) is 0 Å². The molecular formula is C13H17Cl2N3S. The third-order valence-corrected chi connectivity index (χ3v) is 5.32. The topological polar surface area (TPSA) is 42.1 Å². The van der Waals surface area contributed by atoms with Crippen molar-refractivity contribution in [3.63, 3.8) is 0 Å². The van der Waals surface area contributed by atoms with Gasteiger partial charge in [0, 0.05) is 30.4 Å². The molecule has 0 saturated heterocycles. The van der Waals surface area contributed by atoms with Crippen LogP contribution in [-0.2, 0) is 6.42 Å². The van der Waals surface area contributed by atoms with Crippen LogP contribution in [0.3, 0.4) is 0 Å². The molecule has 0 spiro atoms. The first kappa shape index (κ1) is 14.9. The second kappa shape index (κ2) is 6.27. The van der Waals surface area contributed by atoms with E-state index in [9.17, 15) is 0 Å². The van der Waals surface area contributed by atoms with Crippen LogP contribution in [-0.4, -0.2) is 34.4 Å². The summed E-state index contributed by atoms with van der Waals surface area (Å²) in [4.78, 5) is 7.65. The molecule has 1 aliphatic carbocycles. The van der Waals surface area contributed by atoms with Gasteiger partial charge in [-0.1, -0.05) is 12.2 Å². The van der Waals surface area contributed by atoms with E-state index < -0.39 is 0 Å². The van der Waals surface area contributed by atoms with E-state index in [0.29, 0.717) is 5.13 Å². The van der Waals surface area contributed by atoms with Crippen molar-refractivity contribution in [2.45, 2.75) is 23.2 Å². The average Bonchev–Trinajstić information content (AvgIpc) is 2.75. The van der Waals surface area contributed by atoms with Crippen LogP contribution < -0.4 is 5.73 Å². The number of nitrogens with zero attached hydrogens (tertiary/aromatic N) is 2. The fourth-order valence-corrected chi connectivity index (χ4v) is 4.11. The Hall–Kier alpha value is -0.550. The first-order valence-electron chi connectivity index (χ1n) is 6.07. The van der Waals surface area contributed by atoms with E-state index >= 15 is 0 Å². The standard InChI is InChI=1S/C13H17Cl2N3S/c1-3-5-18(6-4-2)8-7-9-12(11(15)10(8)14)17-13(16)19-9/h3-4,8,10-11H,1-2,5-7H2,(H2,16,17). The number of nitrogen functional groups attached to an aromatic ring is 1. The Morgan fingerprint density at radius 1 is 1.37 bits per heavy atom. The molecule has 0 aromatic carbocycles. The Morgan fingerprint density at radius 3 is 2.58 bits per heavy atom. The molecule has 1 heterocycles. The quantitative estimate of drug-likeness (QED) is 0.669. The van der Waals surface area contributed by atoms with Crippen molar-refractivity contribution in [3.05, 3.63) is 35.9 Å². The maximum Gasteiger partial charge on any atom is 0.180 e. The zero-order valence-corrected chi connectivity index (χ0v) is 12.9. The van der Waals surface area contributed by atoms with Crippen molar-refractivity contribution in [2.24, 2.45) is 0 Å². The van der Waals surface area contributed by atoms with E-state index in [0.717, 1.165) is 30.1 Å². The first-order valence-corrected chi connectivity index (χ1v) is 7.76. The van der Waals surface area contributed by atoms with Crippen LogP contribution in [0.1, 0.15) is 15.9 Å². The summed E-state index contributed by atoms with van der Waals surface area (Å²) in [7, 11) is 0. The van der Waals surface area contributed by atoms with Crippen molar-refractivity contribution in [1.29, 1.82) is 0 Å². The maximum absolute atomic E-state index is 6.52. The largest absolute Gasteiger partial charge is 0.375 e. The van der Waals surface area contributed by atoms with Gasteiger partial charge in [-0.05, 0) is 0 Å². The molecule has 104 valence electrons. The summed E-state index contributed by atoms with van der Waals surface area (Å²) >= 11 is 14.4. The molecule has 2 N–H and O–H groups in total. The number of aromatic nitrogens is 1. The maximum atomic E-state index is 6.52. The summed E-state index contributed by atoms with van der Waals surface area (Å²) in [5.41, 5.74) is 6.61. The third kappa shape index (κ3) is 2.97. The van der Waals surface area contributed by atoms with E-state index in [4.69, 9.17) is 28.9 Å². The molecule has 1 aromatic heterocycles. The Bertz CT molecular complexity index is 464. The van der Waals surface area contributed by atoms with Gasteiger partial charge in [0.2, 0.25) is 0 Å². The first-order chi connectivity index (χ1) is 9.08. The molecule has 0 bridgehead atoms. The second-order valence-electron chi connectivity index (χ2n) is 4.51. The van der Waals surface area contributed by atoms with Crippen LogP contribution in [0.5, 0.6) is 0 Å². The van der Waals surface area contributed by atoms with Gasteiger partial charge < -0.3 is 5.73 Å². The van der Waals surface area contributed by atoms with Gasteiger partial charge in [-0.3, -0.25) is 4.90 Å². The van der Waals surface area contributed by atoms with Gasteiger partial charge >= 0.3 is 0 Å². The van der Waals surface area contributed by atoms with Crippen LogP contribution in [0.4, 0.5) is 5.13 Å². The Kier molecular flexibility index (Phi) is 4.90. The fourth-order valence-electron chi connectivity index (χ4n) is 2.40. The van der Waals surface area contributed by atoms with E-state index in [-0.39, 0.29) is 16.8 Å². The molecule has 0 aliphatic heterocycles. The number of fused-ring (bicyclic) bond motifs is 1. The molecule has 1 aromatic rings. The molecule has 3 atom stereocenters. The summed E-state index contributed by atoms with van der Waals surface area (Å²) in [6, 6.07) is 0.146. The highest BCUT2D eigenvalue weighted by Crippen LogP contribution is 2.42. The Morgan fingerprint density at radius 2 is 2.00 bits per heavy atom. The normalized spacial score (nSPS) is 26.2. The minimum absolute atomic E-state index is 0.146. The molecule has 3 nitrogen and oxygen atoms in total. The summed E-state index contributed by atoms with van der Waals surface area (Å²) < 4.78 is 0. The van der Waals surface area contributed by atoms with Gasteiger partial charge in [-0.25, -0.2) is 4.98 Å². The minimum Gasteiger partial charge on any atom is -0.375 e. The van der Waals surface area contributed by atoms with Gasteiger partial charge in [0.15, 0.2) is 5.13 Å². The number of halogens is 2. The van der Waals surface area contributed by atoms with Crippen molar-refractivity contribution in [2.75, 3.05) is 18.8 Å². The number of thiazole rings is 1. The predicted octanol–water partition coefficient (Wildman–Crippen LogP) is 3.21. The van der Waals surface area contributed by atoms with Gasteiger partial charge in [0.05, 0.1) is 16.4 Å². The van der Waals surface area contributed by atoms with Crippen molar-refractivity contribution < 1.29 is 0 Å². The molecule has 0 fully saturated rings. The summed E-state index contributed by atoms with van der Waals surface area (Å²) in [5, 5.41) is 0.0517. The van der Waals surface area contributed by atoms with Crippen molar-refractivity contribution in [1.82, 2.24) is 9.88 Å². The minimum atomic E-state index is -0.305. The molecule has 0 radical (unpaired) electrons. The number of alkyl halides is 2. The Labute approximate surface area is 127 Å². The van der Waals surface area contributed by atoms with Gasteiger partial charge in [0.25, 0.3) is 0 Å². The predicted molar refractivity (Wildman–Crippen MR) is 84.2 cm³/mol. The second-order valence-corrected chi connectivity index (χ2v) is 6.60. The van der Waals surface area contributed by atoms with Gasteiger partial charge in [0.1, 0.15) is 0 Å². The number of anilines is 1. The third-order valence-electron chi connectivity index (χ3n) is 3.24. The molecule has 1 aliphatic rings. The fraction of sp³-hybridized carbons (Fsp3) is 0.462. The Balaban J connectivity index is 2.27. The van der Waals surface area contributed by atoms with Crippen LogP contribution in [0, 0.1) is 0 Å². The lowest BCUT2D eigenvalue weighted by atomic mass is 9.95. The van der Waals surface area contributed by atoms with Crippen LogP contribution in [0.2, 0.25) is 0 Å². The number of rotatable bonds is 5. The molecule has 19 heavy (non-hydrogen) atoms. The lowest BCUT2D eigenvalue weighted by molar-refractivity contribution is 0.222. The van der Waals surface area contributed by atoms with Crippen LogP contribution >= 0.6 is 34.5 Å². The highest BCUT2D eigenvalue weighted by molar-refractivity contribution is 7.15. The molecule has 2 rings (SSSR count). The highest BCUT2D eigenvalue weighted by Gasteiger charge is 2.39. The lowest BCUT2D eigenvalue weighted by Crippen LogP contribution is -2.46. The highest BCUT2D eigenvalue weighted by atomic mass is 35.5. The van der Waals surface area contributed by atoms with Crippen molar-refractivity contribution in [3.8, 4) is 0 Å². The van der Waals surface area contributed by atoms with Crippen molar-refractivity contribution >= 4 is 39.7 Å². The molecule has 6 heteroatoms. The zero-order valence-electron chi connectivity index (χ0n) is 10.6. The van der Waals surface area contributed by atoms with Gasteiger partial charge in [-0.15, -0.1) is 47.7 Å². The summed E-state index contributed by atoms with van der Waals surface area (Å²) in [6.07, 6.45) is 4.56. The average molecular weight is 318 g/mol. The molecule has 0 saturated carbocycles. The van der Waals surface area contributed by atoms with Crippen LogP contribution in [0.15, 0.2) is 25.3 Å². The van der Waals surface area contributed by atoms with E-state index in [2.05, 4.69) is 23.0 Å². The van der Waals surface area contributed by atoms with E-state index in [1.54, 1.807) is 0 Å². The monoisotopic (exact) mass is 317 g/mol. The SMILES string of the molecule is C=CCN(CC=C)C1Cc2sc(N)nc2C(Cl)C1Cl. The van der Waals surface area contributed by atoms with E-state index in [1.165, 1.54) is 11.3 Å². The summed E-state index contributed by atoms with van der Waals surface area (Å²) in [6.45, 7) is 9.09. The number of nitrogens with two attached hydrogens (primary N) is 1. The summed E-state index contributed by atoms with van der Waals surface area (Å²) in [5.74, 6) is 0. The smallest absolute Gasteiger partial charge is 0.180 e. The molecular weight excluding hydrogens is 301 g/mol. The molecule has 0 amide bonds. The van der Waals surface area contributed by atoms with Crippen LogP contribution in [0.25, 0.3) is 0 Å². The lowest BCUT2D eigenvalue weighted by Gasteiger charge is -2.37.